The number of rotatable bonds is 4. The van der Waals surface area contributed by atoms with E-state index in [-0.39, 0.29) is 0 Å². The fourth-order valence-electron chi connectivity index (χ4n) is 3.34. The van der Waals surface area contributed by atoms with E-state index in [1.165, 1.54) is 10.6 Å². The predicted molar refractivity (Wildman–Crippen MR) is 113 cm³/mol. The molecule has 4 nitrogen and oxygen atoms in total. The Bertz CT molecular complexity index is 1120. The molecule has 0 bridgehead atoms. The van der Waals surface area contributed by atoms with Gasteiger partial charge in [0.25, 0.3) is 0 Å². The van der Waals surface area contributed by atoms with Gasteiger partial charge >= 0.3 is 0 Å². The van der Waals surface area contributed by atoms with E-state index in [2.05, 4.69) is 0 Å². The Morgan fingerprint density at radius 1 is 0.750 bits per heavy atom. The van der Waals surface area contributed by atoms with Crippen LogP contribution in [-0.2, 0) is 10.0 Å². The topological polar surface area (TPSA) is 49.7 Å². The van der Waals surface area contributed by atoms with Crippen LogP contribution in [0.25, 0.3) is 5.70 Å². The van der Waals surface area contributed by atoms with Crippen molar-refractivity contribution in [3.05, 3.63) is 114 Å². The molecule has 0 saturated carbocycles. The lowest BCUT2D eigenvalue weighted by atomic mass is 9.95. The quantitative estimate of drug-likeness (QED) is 0.661. The molecule has 28 heavy (non-hydrogen) atoms. The summed E-state index contributed by atoms with van der Waals surface area (Å²) < 4.78 is 26.9. The van der Waals surface area contributed by atoms with Gasteiger partial charge < -0.3 is 0 Å². The van der Waals surface area contributed by atoms with E-state index in [0.717, 1.165) is 16.7 Å². The normalized spacial score (nSPS) is 17.0. The molecule has 1 aliphatic rings. The van der Waals surface area contributed by atoms with Crippen LogP contribution in [0, 0.1) is 0 Å². The molecule has 1 aliphatic heterocycles. The lowest BCUT2D eigenvalue weighted by Crippen LogP contribution is -2.37. The monoisotopic (exact) mass is 388 g/mol. The Morgan fingerprint density at radius 3 is 1.79 bits per heavy atom. The first-order chi connectivity index (χ1) is 13.5. The number of aliphatic imine (C=N–C) groups is 1. The highest BCUT2D eigenvalue weighted by molar-refractivity contribution is 7.88. The molecule has 0 N–H and O–H groups in total. The Kier molecular flexibility index (Phi) is 4.84. The Hall–Kier alpha value is -3.18. The van der Waals surface area contributed by atoms with E-state index in [1.54, 1.807) is 6.20 Å². The van der Waals surface area contributed by atoms with E-state index in [1.807, 2.05) is 91.0 Å². The largest absolute Gasteiger partial charge is 0.262 e. The first-order valence-electron chi connectivity index (χ1n) is 8.99. The van der Waals surface area contributed by atoms with Crippen molar-refractivity contribution in [2.45, 2.75) is 6.04 Å². The van der Waals surface area contributed by atoms with Crippen molar-refractivity contribution in [1.82, 2.24) is 4.31 Å². The van der Waals surface area contributed by atoms with Crippen LogP contribution in [0.3, 0.4) is 0 Å². The van der Waals surface area contributed by atoms with Crippen LogP contribution in [0.5, 0.6) is 0 Å². The zero-order valence-corrected chi connectivity index (χ0v) is 16.3. The minimum atomic E-state index is -3.53. The molecule has 0 aliphatic carbocycles. The molecule has 3 aromatic carbocycles. The molecule has 0 aromatic heterocycles. The van der Waals surface area contributed by atoms with Crippen LogP contribution >= 0.6 is 0 Å². The molecule has 5 heteroatoms. The standard InChI is InChI=1S/C23H20N2O2S/c1-28(26,27)25-17-21(18-11-5-2-6-12-18)24-22(19-13-7-3-8-14-19)23(25)20-15-9-4-10-16-20/h2-17,23H,1H3. The average Bonchev–Trinajstić information content (AvgIpc) is 2.74. The fourth-order valence-corrected chi connectivity index (χ4v) is 4.24. The van der Waals surface area contributed by atoms with E-state index < -0.39 is 16.1 Å². The summed E-state index contributed by atoms with van der Waals surface area (Å²) in [6, 6.07) is 28.4. The van der Waals surface area contributed by atoms with E-state index >= 15 is 0 Å². The lowest BCUT2D eigenvalue weighted by Gasteiger charge is -2.34. The van der Waals surface area contributed by atoms with Gasteiger partial charge in [-0.05, 0) is 11.1 Å². The zero-order chi connectivity index (χ0) is 19.6. The summed E-state index contributed by atoms with van der Waals surface area (Å²) in [7, 11) is -3.53. The van der Waals surface area contributed by atoms with Gasteiger partial charge in [0.2, 0.25) is 10.0 Å². The second-order valence-electron chi connectivity index (χ2n) is 6.65. The summed E-state index contributed by atoms with van der Waals surface area (Å²) in [4.78, 5) is 4.92. The van der Waals surface area contributed by atoms with Gasteiger partial charge in [0, 0.05) is 11.8 Å². The molecule has 1 atom stereocenters. The molecule has 0 fully saturated rings. The summed E-state index contributed by atoms with van der Waals surface area (Å²) in [5, 5.41) is 0. The maximum atomic E-state index is 12.8. The van der Waals surface area contributed by atoms with Gasteiger partial charge in [0.1, 0.15) is 6.04 Å². The van der Waals surface area contributed by atoms with Gasteiger partial charge in [-0.15, -0.1) is 0 Å². The molecule has 140 valence electrons. The summed E-state index contributed by atoms with van der Waals surface area (Å²) in [5.41, 5.74) is 3.97. The minimum absolute atomic E-state index is 0.522. The van der Waals surface area contributed by atoms with Gasteiger partial charge in [0.15, 0.2) is 0 Å². The van der Waals surface area contributed by atoms with Crippen molar-refractivity contribution < 1.29 is 8.42 Å². The molecule has 1 heterocycles. The Balaban J connectivity index is 1.96. The molecule has 1 unspecified atom stereocenters. The third kappa shape index (κ3) is 3.62. The van der Waals surface area contributed by atoms with Crippen LogP contribution in [0.1, 0.15) is 22.7 Å². The van der Waals surface area contributed by atoms with E-state index in [9.17, 15) is 8.42 Å². The summed E-state index contributed by atoms with van der Waals surface area (Å²) in [6.07, 6.45) is 2.87. The van der Waals surface area contributed by atoms with Crippen molar-refractivity contribution in [2.24, 2.45) is 4.99 Å². The molecule has 0 amide bonds. The highest BCUT2D eigenvalue weighted by Gasteiger charge is 2.34. The first kappa shape index (κ1) is 18.2. The zero-order valence-electron chi connectivity index (χ0n) is 15.4. The lowest BCUT2D eigenvalue weighted by molar-refractivity contribution is 0.475. The van der Waals surface area contributed by atoms with Crippen molar-refractivity contribution >= 4 is 21.4 Å². The maximum absolute atomic E-state index is 12.8. The number of hydrogen-bond donors (Lipinski definition) is 0. The molecule has 0 radical (unpaired) electrons. The van der Waals surface area contributed by atoms with Gasteiger partial charge in [-0.3, -0.25) is 4.31 Å². The number of benzene rings is 3. The van der Waals surface area contributed by atoms with Crippen molar-refractivity contribution in [3.8, 4) is 0 Å². The summed E-state index contributed by atoms with van der Waals surface area (Å²) in [5.74, 6) is 0. The van der Waals surface area contributed by atoms with Crippen molar-refractivity contribution in [3.63, 3.8) is 0 Å². The van der Waals surface area contributed by atoms with Crippen LogP contribution in [-0.4, -0.2) is 24.7 Å². The Labute approximate surface area is 165 Å². The number of nitrogens with zero attached hydrogens (tertiary/aromatic N) is 2. The molecule has 3 aromatic rings. The van der Waals surface area contributed by atoms with Crippen LogP contribution < -0.4 is 0 Å². The number of hydrogen-bond acceptors (Lipinski definition) is 3. The first-order valence-corrected chi connectivity index (χ1v) is 10.8. The molecule has 0 spiro atoms. The highest BCUT2D eigenvalue weighted by atomic mass is 32.2. The van der Waals surface area contributed by atoms with Crippen LogP contribution in [0.15, 0.2) is 102 Å². The van der Waals surface area contributed by atoms with Crippen molar-refractivity contribution in [2.75, 3.05) is 6.26 Å². The van der Waals surface area contributed by atoms with E-state index in [4.69, 9.17) is 4.99 Å². The van der Waals surface area contributed by atoms with Crippen molar-refractivity contribution in [1.29, 1.82) is 0 Å². The average molecular weight is 388 g/mol. The molecule has 0 saturated heterocycles. The third-order valence-electron chi connectivity index (χ3n) is 4.64. The SMILES string of the molecule is CS(=O)(=O)N1C=C(c2ccccc2)N=C(c2ccccc2)C1c1ccccc1. The van der Waals surface area contributed by atoms with Gasteiger partial charge in [-0.1, -0.05) is 91.0 Å². The van der Waals surface area contributed by atoms with Gasteiger partial charge in [0.05, 0.1) is 17.7 Å². The summed E-state index contributed by atoms with van der Waals surface area (Å²) in [6.45, 7) is 0. The maximum Gasteiger partial charge on any atom is 0.232 e. The minimum Gasteiger partial charge on any atom is -0.262 e. The van der Waals surface area contributed by atoms with Gasteiger partial charge in [-0.25, -0.2) is 13.4 Å². The predicted octanol–water partition coefficient (Wildman–Crippen LogP) is 4.49. The van der Waals surface area contributed by atoms with Gasteiger partial charge in [-0.2, -0.15) is 0 Å². The molecular weight excluding hydrogens is 368 g/mol. The molecular formula is C23H20N2O2S. The highest BCUT2D eigenvalue weighted by Crippen LogP contribution is 2.35. The third-order valence-corrected chi connectivity index (χ3v) is 5.72. The number of sulfonamides is 1. The smallest absolute Gasteiger partial charge is 0.232 e. The van der Waals surface area contributed by atoms with E-state index in [0.29, 0.717) is 11.4 Å². The van der Waals surface area contributed by atoms with Crippen LogP contribution in [0.2, 0.25) is 0 Å². The fraction of sp³-hybridized carbons (Fsp3) is 0.0870. The second kappa shape index (κ2) is 7.44. The molecule has 4 rings (SSSR count). The summed E-state index contributed by atoms with van der Waals surface area (Å²) >= 11 is 0. The van der Waals surface area contributed by atoms with Crippen LogP contribution in [0.4, 0.5) is 0 Å². The second-order valence-corrected chi connectivity index (χ2v) is 8.54. The Morgan fingerprint density at radius 2 is 1.25 bits per heavy atom.